The van der Waals surface area contributed by atoms with Crippen molar-refractivity contribution in [2.24, 2.45) is 0 Å². The predicted octanol–water partition coefficient (Wildman–Crippen LogP) is 3.79. The Morgan fingerprint density at radius 3 is 2.47 bits per heavy atom. The van der Waals surface area contributed by atoms with Crippen LogP contribution in [0.2, 0.25) is 0 Å². The van der Waals surface area contributed by atoms with Crippen molar-refractivity contribution in [3.63, 3.8) is 0 Å². The third kappa shape index (κ3) is 5.92. The second-order valence-corrected chi connectivity index (χ2v) is 7.67. The zero-order valence-corrected chi connectivity index (χ0v) is 19.6. The molecule has 1 amide bonds. The number of hydrogen-bond donors (Lipinski definition) is 1. The van der Waals surface area contributed by atoms with E-state index in [2.05, 4.69) is 17.3 Å². The lowest BCUT2D eigenvalue weighted by Crippen LogP contribution is -2.28. The normalized spacial score (nSPS) is 10.7. The van der Waals surface area contributed by atoms with E-state index in [0.29, 0.717) is 34.5 Å². The van der Waals surface area contributed by atoms with Crippen molar-refractivity contribution in [2.75, 3.05) is 26.1 Å². The van der Waals surface area contributed by atoms with Gasteiger partial charge in [-0.2, -0.15) is 5.10 Å². The molecule has 0 atom stereocenters. The van der Waals surface area contributed by atoms with E-state index in [-0.39, 0.29) is 11.3 Å². The third-order valence-corrected chi connectivity index (χ3v) is 5.30. The number of ether oxygens (including phenoxy) is 3. The molecule has 3 rings (SSSR count). The minimum atomic E-state index is -0.786. The van der Waals surface area contributed by atoms with Crippen molar-refractivity contribution in [2.45, 2.75) is 39.2 Å². The molecule has 0 bridgehead atoms. The highest BCUT2D eigenvalue weighted by atomic mass is 16.5. The molecule has 0 aliphatic heterocycles. The third-order valence-electron chi connectivity index (χ3n) is 5.30. The molecule has 34 heavy (non-hydrogen) atoms. The molecule has 1 aromatic heterocycles. The van der Waals surface area contributed by atoms with Gasteiger partial charge < -0.3 is 19.5 Å². The van der Waals surface area contributed by atoms with Gasteiger partial charge in [0.05, 0.1) is 25.3 Å². The fraction of sp³-hybridized carbons (Fsp3) is 0.360. The molecule has 0 spiro atoms. The van der Waals surface area contributed by atoms with E-state index in [0.717, 1.165) is 25.7 Å². The first-order valence-electron chi connectivity index (χ1n) is 11.2. The zero-order valence-electron chi connectivity index (χ0n) is 19.6. The van der Waals surface area contributed by atoms with Crippen molar-refractivity contribution in [1.29, 1.82) is 0 Å². The average Bonchev–Trinajstić information content (AvgIpc) is 2.86. The first-order valence-corrected chi connectivity index (χ1v) is 11.2. The quantitative estimate of drug-likeness (QED) is 0.338. The Morgan fingerprint density at radius 2 is 1.76 bits per heavy atom. The number of nitrogens with one attached hydrogen (secondary N) is 1. The fourth-order valence-corrected chi connectivity index (χ4v) is 3.52. The summed E-state index contributed by atoms with van der Waals surface area (Å²) < 4.78 is 16.9. The van der Waals surface area contributed by atoms with Crippen molar-refractivity contribution in [1.82, 2.24) is 9.78 Å². The fourth-order valence-electron chi connectivity index (χ4n) is 3.52. The maximum Gasteiger partial charge on any atom is 0.359 e. The number of anilines is 1. The molecule has 0 fully saturated rings. The number of benzene rings is 2. The van der Waals surface area contributed by atoms with Gasteiger partial charge in [0.2, 0.25) is 0 Å². The number of methoxy groups -OCH3 is 2. The number of aryl methyl sites for hydroxylation is 1. The van der Waals surface area contributed by atoms with E-state index in [1.807, 2.05) is 0 Å². The van der Waals surface area contributed by atoms with Crippen LogP contribution in [0.25, 0.3) is 10.8 Å². The highest BCUT2D eigenvalue weighted by Gasteiger charge is 2.19. The Balaban J connectivity index is 1.76. The van der Waals surface area contributed by atoms with Gasteiger partial charge in [0.1, 0.15) is 11.5 Å². The summed E-state index contributed by atoms with van der Waals surface area (Å²) in [7, 11) is 2.99. The molecule has 180 valence electrons. The summed E-state index contributed by atoms with van der Waals surface area (Å²) >= 11 is 0. The van der Waals surface area contributed by atoms with Crippen molar-refractivity contribution in [3.05, 3.63) is 58.5 Å². The molecule has 2 aromatic carbocycles. The Hall–Kier alpha value is -3.88. The summed E-state index contributed by atoms with van der Waals surface area (Å²) in [4.78, 5) is 38.1. The highest BCUT2D eigenvalue weighted by Crippen LogP contribution is 2.28. The minimum absolute atomic E-state index is 0.00236. The Morgan fingerprint density at radius 1 is 1.00 bits per heavy atom. The van der Waals surface area contributed by atoms with Gasteiger partial charge >= 0.3 is 5.97 Å². The summed E-state index contributed by atoms with van der Waals surface area (Å²) in [6.07, 6.45) is 3.87. The van der Waals surface area contributed by atoms with Crippen molar-refractivity contribution < 1.29 is 23.8 Å². The predicted molar refractivity (Wildman–Crippen MR) is 129 cm³/mol. The zero-order chi connectivity index (χ0) is 24.5. The van der Waals surface area contributed by atoms with Crippen molar-refractivity contribution in [3.8, 4) is 11.5 Å². The summed E-state index contributed by atoms with van der Waals surface area (Å²) in [5.74, 6) is -0.378. The van der Waals surface area contributed by atoms with E-state index in [9.17, 15) is 14.4 Å². The molecule has 0 radical (unpaired) electrons. The molecule has 0 unspecified atom stereocenters. The second-order valence-electron chi connectivity index (χ2n) is 7.67. The molecule has 9 heteroatoms. The molecule has 9 nitrogen and oxygen atoms in total. The van der Waals surface area contributed by atoms with E-state index in [1.54, 1.807) is 42.5 Å². The Labute approximate surface area is 197 Å². The van der Waals surface area contributed by atoms with Gasteiger partial charge in [0.25, 0.3) is 11.5 Å². The first-order chi connectivity index (χ1) is 16.5. The number of amides is 1. The summed E-state index contributed by atoms with van der Waals surface area (Å²) in [6.45, 7) is 1.97. The molecular weight excluding hydrogens is 438 g/mol. The van der Waals surface area contributed by atoms with Gasteiger partial charge in [-0.3, -0.25) is 9.59 Å². The smallest absolute Gasteiger partial charge is 0.359 e. The molecule has 1 N–H and O–H groups in total. The van der Waals surface area contributed by atoms with Gasteiger partial charge in [0, 0.05) is 18.0 Å². The number of hydrogen-bond acceptors (Lipinski definition) is 7. The van der Waals surface area contributed by atoms with Crippen molar-refractivity contribution >= 4 is 28.3 Å². The van der Waals surface area contributed by atoms with E-state index >= 15 is 0 Å². The van der Waals surface area contributed by atoms with E-state index in [1.165, 1.54) is 18.9 Å². The Kier molecular flexibility index (Phi) is 8.61. The summed E-state index contributed by atoms with van der Waals surface area (Å²) in [5.41, 5.74) is 0.121. The average molecular weight is 468 g/mol. The summed E-state index contributed by atoms with van der Waals surface area (Å²) in [6, 6.07) is 11.7. The summed E-state index contributed by atoms with van der Waals surface area (Å²) in [5, 5.41) is 7.68. The van der Waals surface area contributed by atoms with Crippen LogP contribution in [0.15, 0.2) is 47.3 Å². The Bertz CT molecular complexity index is 1220. The molecule has 1 heterocycles. The van der Waals surface area contributed by atoms with Crippen LogP contribution in [0, 0.1) is 0 Å². The van der Waals surface area contributed by atoms with Gasteiger partial charge in [0.15, 0.2) is 12.3 Å². The van der Waals surface area contributed by atoms with Crippen LogP contribution >= 0.6 is 0 Å². The molecule has 0 saturated carbocycles. The monoisotopic (exact) mass is 467 g/mol. The molecule has 0 aliphatic rings. The SMILES string of the molecule is CCCCCCn1nc(C(=O)OCC(=O)Nc2cc(OC)ccc2OC)c2ccccc2c1=O. The number of nitrogens with zero attached hydrogens (tertiary/aromatic N) is 2. The van der Waals surface area contributed by atoms with Gasteiger partial charge in [-0.1, -0.05) is 44.4 Å². The number of unbranched alkanes of at least 4 members (excludes halogenated alkanes) is 3. The van der Waals surface area contributed by atoms with Crippen LogP contribution in [-0.4, -0.2) is 42.5 Å². The number of carbonyl (C=O) groups excluding carboxylic acids is 2. The number of rotatable bonds is 11. The van der Waals surface area contributed by atoms with Crippen LogP contribution in [0.1, 0.15) is 43.1 Å². The maximum atomic E-state index is 12.9. The van der Waals surface area contributed by atoms with Crippen LogP contribution in [0.3, 0.4) is 0 Å². The van der Waals surface area contributed by atoms with Gasteiger partial charge in [-0.15, -0.1) is 0 Å². The standard InChI is InChI=1S/C25H29N3O6/c1-4-5-6-9-14-28-24(30)19-11-8-7-10-18(19)23(27-28)25(31)34-16-22(29)26-20-15-17(32-2)12-13-21(20)33-3/h7-8,10-13,15H,4-6,9,14,16H2,1-3H3,(H,26,29). The number of fused-ring (bicyclic) bond motifs is 1. The second kappa shape index (κ2) is 11.8. The van der Waals surface area contributed by atoms with Gasteiger partial charge in [-0.25, -0.2) is 9.48 Å². The van der Waals surface area contributed by atoms with Crippen LogP contribution in [0.5, 0.6) is 11.5 Å². The lowest BCUT2D eigenvalue weighted by Gasteiger charge is -2.13. The van der Waals surface area contributed by atoms with Gasteiger partial charge in [-0.05, 0) is 24.6 Å². The molecule has 3 aromatic rings. The lowest BCUT2D eigenvalue weighted by molar-refractivity contribution is -0.119. The maximum absolute atomic E-state index is 12.9. The number of aromatic nitrogens is 2. The molecule has 0 saturated heterocycles. The minimum Gasteiger partial charge on any atom is -0.497 e. The molecular formula is C25H29N3O6. The lowest BCUT2D eigenvalue weighted by atomic mass is 10.1. The van der Waals surface area contributed by atoms with Crippen LogP contribution in [-0.2, 0) is 16.1 Å². The first kappa shape index (κ1) is 24.8. The van der Waals surface area contributed by atoms with E-state index < -0.39 is 18.5 Å². The largest absolute Gasteiger partial charge is 0.497 e. The topological polar surface area (TPSA) is 109 Å². The van der Waals surface area contributed by atoms with Crippen LogP contribution in [0.4, 0.5) is 5.69 Å². The van der Waals surface area contributed by atoms with E-state index in [4.69, 9.17) is 14.2 Å². The van der Waals surface area contributed by atoms with Crippen LogP contribution < -0.4 is 20.3 Å². The molecule has 0 aliphatic carbocycles. The highest BCUT2D eigenvalue weighted by molar-refractivity contribution is 6.03. The number of esters is 1. The number of carbonyl (C=O) groups is 2.